The van der Waals surface area contributed by atoms with Gasteiger partial charge in [0.1, 0.15) is 0 Å². The molecule has 2 heteroatoms. The SMILES string of the molecule is CCC(C)C(CC)NC=O. The summed E-state index contributed by atoms with van der Waals surface area (Å²) < 4.78 is 0. The minimum absolute atomic E-state index is 0.363. The zero-order valence-electron chi connectivity index (χ0n) is 7.05. The van der Waals surface area contributed by atoms with Crippen molar-refractivity contribution in [3.8, 4) is 0 Å². The van der Waals surface area contributed by atoms with E-state index in [2.05, 4.69) is 26.1 Å². The molecule has 1 amide bonds. The van der Waals surface area contributed by atoms with Gasteiger partial charge in [-0.3, -0.25) is 4.79 Å². The first-order valence-electron chi connectivity index (χ1n) is 3.95. The first-order chi connectivity index (χ1) is 4.76. The Balaban J connectivity index is 3.67. The van der Waals surface area contributed by atoms with Crippen LogP contribution in [0.25, 0.3) is 0 Å². The van der Waals surface area contributed by atoms with Gasteiger partial charge in [0.2, 0.25) is 6.41 Å². The molecule has 0 aliphatic heterocycles. The van der Waals surface area contributed by atoms with Gasteiger partial charge in [-0.05, 0) is 12.3 Å². The molecule has 0 radical (unpaired) electrons. The van der Waals surface area contributed by atoms with Crippen LogP contribution in [0.15, 0.2) is 0 Å². The first-order valence-corrected chi connectivity index (χ1v) is 3.95. The van der Waals surface area contributed by atoms with E-state index < -0.39 is 0 Å². The highest BCUT2D eigenvalue weighted by atomic mass is 16.1. The molecule has 0 bridgehead atoms. The van der Waals surface area contributed by atoms with Gasteiger partial charge in [0.15, 0.2) is 0 Å². The largest absolute Gasteiger partial charge is 0.356 e. The predicted octanol–water partition coefficient (Wildman–Crippen LogP) is 1.56. The number of carbonyl (C=O) groups is 1. The zero-order chi connectivity index (χ0) is 7.98. The molecule has 0 aromatic rings. The van der Waals surface area contributed by atoms with Gasteiger partial charge < -0.3 is 5.32 Å². The molecule has 10 heavy (non-hydrogen) atoms. The molecule has 0 saturated carbocycles. The highest BCUT2D eigenvalue weighted by Gasteiger charge is 2.10. The van der Waals surface area contributed by atoms with Crippen molar-refractivity contribution in [1.82, 2.24) is 5.32 Å². The molecular weight excluding hydrogens is 126 g/mol. The number of amides is 1. The third kappa shape index (κ3) is 2.85. The van der Waals surface area contributed by atoms with Crippen molar-refractivity contribution in [2.24, 2.45) is 5.92 Å². The Morgan fingerprint density at radius 1 is 1.40 bits per heavy atom. The maximum atomic E-state index is 10.1. The highest BCUT2D eigenvalue weighted by molar-refractivity contribution is 5.46. The van der Waals surface area contributed by atoms with E-state index in [1.54, 1.807) is 0 Å². The molecule has 2 unspecified atom stereocenters. The summed E-state index contributed by atoms with van der Waals surface area (Å²) in [7, 11) is 0. The van der Waals surface area contributed by atoms with Crippen LogP contribution in [0.5, 0.6) is 0 Å². The first kappa shape index (κ1) is 9.47. The van der Waals surface area contributed by atoms with Crippen molar-refractivity contribution < 1.29 is 4.79 Å². The van der Waals surface area contributed by atoms with Crippen LogP contribution in [0.2, 0.25) is 0 Å². The summed E-state index contributed by atoms with van der Waals surface area (Å²) >= 11 is 0. The van der Waals surface area contributed by atoms with Gasteiger partial charge >= 0.3 is 0 Å². The molecule has 1 N–H and O–H groups in total. The van der Waals surface area contributed by atoms with Crippen molar-refractivity contribution >= 4 is 6.41 Å². The summed E-state index contributed by atoms with van der Waals surface area (Å²) in [5.41, 5.74) is 0. The molecule has 0 fully saturated rings. The molecule has 0 aliphatic carbocycles. The van der Waals surface area contributed by atoms with E-state index in [4.69, 9.17) is 0 Å². The van der Waals surface area contributed by atoms with Gasteiger partial charge in [-0.2, -0.15) is 0 Å². The van der Waals surface area contributed by atoms with Crippen molar-refractivity contribution in [1.29, 1.82) is 0 Å². The van der Waals surface area contributed by atoms with Crippen molar-refractivity contribution in [2.75, 3.05) is 0 Å². The van der Waals surface area contributed by atoms with Gasteiger partial charge in [-0.1, -0.05) is 27.2 Å². The van der Waals surface area contributed by atoms with Gasteiger partial charge in [0, 0.05) is 6.04 Å². The Labute approximate surface area is 63.0 Å². The summed E-state index contributed by atoms with van der Waals surface area (Å²) in [5.74, 6) is 0.593. The van der Waals surface area contributed by atoms with E-state index in [-0.39, 0.29) is 0 Å². The lowest BCUT2D eigenvalue weighted by molar-refractivity contribution is -0.110. The molecule has 2 atom stereocenters. The predicted molar refractivity (Wildman–Crippen MR) is 42.7 cm³/mol. The summed E-state index contributed by atoms with van der Waals surface area (Å²) in [5, 5.41) is 2.80. The van der Waals surface area contributed by atoms with E-state index in [1.807, 2.05) is 0 Å². The summed E-state index contributed by atoms with van der Waals surface area (Å²) in [6.45, 7) is 6.39. The molecule has 0 heterocycles. The minimum Gasteiger partial charge on any atom is -0.356 e. The van der Waals surface area contributed by atoms with Crippen LogP contribution in [-0.2, 0) is 4.79 Å². The van der Waals surface area contributed by atoms with E-state index in [9.17, 15) is 4.79 Å². The maximum Gasteiger partial charge on any atom is 0.207 e. The van der Waals surface area contributed by atoms with Gasteiger partial charge in [0.05, 0.1) is 0 Å². The number of hydrogen-bond donors (Lipinski definition) is 1. The fourth-order valence-corrected chi connectivity index (χ4v) is 1.06. The number of carbonyl (C=O) groups excluding carboxylic acids is 1. The average Bonchev–Trinajstić information content (AvgIpc) is 1.99. The molecule has 0 rings (SSSR count). The van der Waals surface area contributed by atoms with Crippen molar-refractivity contribution in [3.05, 3.63) is 0 Å². The summed E-state index contributed by atoms with van der Waals surface area (Å²) in [6, 6.07) is 0.363. The molecule has 2 nitrogen and oxygen atoms in total. The monoisotopic (exact) mass is 143 g/mol. The third-order valence-corrected chi connectivity index (χ3v) is 2.05. The summed E-state index contributed by atoms with van der Waals surface area (Å²) in [6.07, 6.45) is 2.94. The lowest BCUT2D eigenvalue weighted by Gasteiger charge is -2.19. The van der Waals surface area contributed by atoms with E-state index in [0.29, 0.717) is 12.0 Å². The topological polar surface area (TPSA) is 29.1 Å². The fourth-order valence-electron chi connectivity index (χ4n) is 1.06. The van der Waals surface area contributed by atoms with Crippen LogP contribution < -0.4 is 5.32 Å². The minimum atomic E-state index is 0.363. The van der Waals surface area contributed by atoms with E-state index in [0.717, 1.165) is 19.3 Å². The van der Waals surface area contributed by atoms with Gasteiger partial charge in [-0.25, -0.2) is 0 Å². The molecule has 0 spiro atoms. The van der Waals surface area contributed by atoms with Crippen LogP contribution in [0.3, 0.4) is 0 Å². The van der Waals surface area contributed by atoms with Gasteiger partial charge in [0.25, 0.3) is 0 Å². The van der Waals surface area contributed by atoms with Crippen LogP contribution in [0.4, 0.5) is 0 Å². The number of nitrogens with one attached hydrogen (secondary N) is 1. The molecule has 0 saturated heterocycles. The standard InChI is InChI=1S/C8H17NO/c1-4-7(3)8(5-2)9-6-10/h6-8H,4-5H2,1-3H3,(H,9,10). The van der Waals surface area contributed by atoms with Crippen LogP contribution in [-0.4, -0.2) is 12.5 Å². The number of rotatable bonds is 5. The number of hydrogen-bond acceptors (Lipinski definition) is 1. The molecular formula is C8H17NO. The lowest BCUT2D eigenvalue weighted by atomic mass is 9.97. The maximum absolute atomic E-state index is 10.1. The Kier molecular flexibility index (Phi) is 4.99. The van der Waals surface area contributed by atoms with Gasteiger partial charge in [-0.15, -0.1) is 0 Å². The third-order valence-electron chi connectivity index (χ3n) is 2.05. The fraction of sp³-hybridized carbons (Fsp3) is 0.875. The van der Waals surface area contributed by atoms with Crippen molar-refractivity contribution in [3.63, 3.8) is 0 Å². The van der Waals surface area contributed by atoms with E-state index in [1.165, 1.54) is 0 Å². The molecule has 60 valence electrons. The highest BCUT2D eigenvalue weighted by Crippen LogP contribution is 2.09. The normalized spacial score (nSPS) is 15.9. The molecule has 0 aliphatic rings. The smallest absolute Gasteiger partial charge is 0.207 e. The molecule has 0 aromatic heterocycles. The molecule has 0 aromatic carbocycles. The zero-order valence-corrected chi connectivity index (χ0v) is 7.05. The Morgan fingerprint density at radius 2 is 2.00 bits per heavy atom. The van der Waals surface area contributed by atoms with Crippen molar-refractivity contribution in [2.45, 2.75) is 39.7 Å². The second-order valence-corrected chi connectivity index (χ2v) is 2.68. The quantitative estimate of drug-likeness (QED) is 0.581. The lowest BCUT2D eigenvalue weighted by Crippen LogP contribution is -2.32. The second kappa shape index (κ2) is 5.27. The Bertz CT molecular complexity index is 93.3. The van der Waals surface area contributed by atoms with Crippen LogP contribution in [0, 0.1) is 5.92 Å². The Hall–Kier alpha value is -0.530. The van der Waals surface area contributed by atoms with E-state index >= 15 is 0 Å². The average molecular weight is 143 g/mol. The Morgan fingerprint density at radius 3 is 2.30 bits per heavy atom. The summed E-state index contributed by atoms with van der Waals surface area (Å²) in [4.78, 5) is 10.1. The van der Waals surface area contributed by atoms with Crippen LogP contribution in [0.1, 0.15) is 33.6 Å². The second-order valence-electron chi connectivity index (χ2n) is 2.68. The van der Waals surface area contributed by atoms with Crippen LogP contribution >= 0.6 is 0 Å².